The molecule has 0 saturated carbocycles. The molecule has 1 aromatic rings. The molecule has 6 heteroatoms. The summed E-state index contributed by atoms with van der Waals surface area (Å²) < 4.78 is 7.07. The van der Waals surface area contributed by atoms with Crippen LogP contribution in [0.1, 0.15) is 32.1 Å². The van der Waals surface area contributed by atoms with Gasteiger partial charge in [-0.05, 0) is 26.2 Å². The first-order valence-electron chi connectivity index (χ1n) is 6.05. The molecule has 1 saturated heterocycles. The van der Waals surface area contributed by atoms with Crippen LogP contribution in [-0.2, 0) is 4.74 Å². The molecular weight excluding hydrogens is 236 g/mol. The Kier molecular flexibility index (Phi) is 3.41. The molecule has 1 aromatic heterocycles. The van der Waals surface area contributed by atoms with E-state index in [0.29, 0.717) is 12.0 Å². The predicted octanol–water partition coefficient (Wildman–Crippen LogP) is 0.149. The number of H-pyrrole nitrogens is 1. The molecule has 1 aliphatic heterocycles. The van der Waals surface area contributed by atoms with Crippen molar-refractivity contribution in [3.8, 4) is 0 Å². The lowest BCUT2D eigenvalue weighted by molar-refractivity contribution is -0.0625. The molecule has 1 aliphatic rings. The molecule has 1 unspecified atom stereocenters. The van der Waals surface area contributed by atoms with E-state index in [1.54, 1.807) is 13.8 Å². The van der Waals surface area contributed by atoms with Crippen LogP contribution in [0.4, 0.5) is 0 Å². The van der Waals surface area contributed by atoms with Gasteiger partial charge in [-0.2, -0.15) is 0 Å². The third-order valence-corrected chi connectivity index (χ3v) is 3.38. The topological polar surface area (TPSA) is 84.3 Å². The molecule has 0 spiro atoms. The Bertz CT molecular complexity index is 546. The zero-order valence-corrected chi connectivity index (χ0v) is 10.7. The smallest absolute Gasteiger partial charge is 0.330 e. The van der Waals surface area contributed by atoms with Crippen LogP contribution in [0, 0.1) is 12.8 Å². The van der Waals surface area contributed by atoms with Gasteiger partial charge in [-0.25, -0.2) is 4.79 Å². The van der Waals surface area contributed by atoms with Crippen molar-refractivity contribution in [3.63, 3.8) is 0 Å². The van der Waals surface area contributed by atoms with Crippen LogP contribution < -0.4 is 11.2 Å². The molecule has 4 atom stereocenters. The molecule has 1 fully saturated rings. The molecule has 18 heavy (non-hydrogen) atoms. The molecule has 0 aliphatic carbocycles. The summed E-state index contributed by atoms with van der Waals surface area (Å²) in [6.45, 7) is 5.28. The van der Waals surface area contributed by atoms with Gasteiger partial charge >= 0.3 is 5.69 Å². The van der Waals surface area contributed by atoms with Crippen molar-refractivity contribution in [3.05, 3.63) is 32.6 Å². The molecular formula is C12H18N2O4. The Morgan fingerprint density at radius 3 is 2.78 bits per heavy atom. The van der Waals surface area contributed by atoms with Crippen LogP contribution in [0.15, 0.2) is 15.8 Å². The molecule has 0 amide bonds. The number of nitrogens with one attached hydrogen (secondary N) is 1. The highest BCUT2D eigenvalue weighted by Gasteiger charge is 2.36. The number of rotatable bonds is 2. The van der Waals surface area contributed by atoms with Crippen LogP contribution in [0.5, 0.6) is 0 Å². The summed E-state index contributed by atoms with van der Waals surface area (Å²) in [7, 11) is 0. The van der Waals surface area contributed by atoms with Gasteiger partial charge in [0, 0.05) is 11.8 Å². The zero-order valence-electron chi connectivity index (χ0n) is 10.7. The molecule has 2 heterocycles. The average molecular weight is 254 g/mol. The van der Waals surface area contributed by atoms with Gasteiger partial charge in [-0.3, -0.25) is 14.3 Å². The van der Waals surface area contributed by atoms with E-state index in [0.717, 1.165) is 0 Å². The van der Waals surface area contributed by atoms with E-state index in [9.17, 15) is 14.7 Å². The van der Waals surface area contributed by atoms with Gasteiger partial charge in [0.2, 0.25) is 0 Å². The molecule has 2 N–H and O–H groups in total. The number of hydrogen-bond acceptors (Lipinski definition) is 4. The normalized spacial score (nSPS) is 29.4. The standard InChI is InChI=1S/C12H18N2O4/c1-6-4-9(18-10(6)8(3)15)14-5-7(2)11(16)13-12(14)17/h5-6,8-10,15H,4H2,1-3H3,(H,13,16,17)/t6-,8?,9+,10-/m0/s1. The highest BCUT2D eigenvalue weighted by molar-refractivity contribution is 5.02. The van der Waals surface area contributed by atoms with E-state index >= 15 is 0 Å². The minimum Gasteiger partial charge on any atom is -0.391 e. The lowest BCUT2D eigenvalue weighted by Crippen LogP contribution is -2.34. The number of aliphatic hydroxyl groups is 1. The van der Waals surface area contributed by atoms with Gasteiger partial charge in [0.15, 0.2) is 0 Å². The van der Waals surface area contributed by atoms with E-state index in [4.69, 9.17) is 4.74 Å². The number of aromatic nitrogens is 2. The van der Waals surface area contributed by atoms with Gasteiger partial charge in [-0.15, -0.1) is 0 Å². The summed E-state index contributed by atoms with van der Waals surface area (Å²) in [5.74, 6) is 0.161. The summed E-state index contributed by atoms with van der Waals surface area (Å²) in [6.07, 6.45) is 0.852. The average Bonchev–Trinajstić information content (AvgIpc) is 2.65. The zero-order chi connectivity index (χ0) is 13.4. The minimum atomic E-state index is -0.579. The number of aromatic amines is 1. The van der Waals surface area contributed by atoms with Gasteiger partial charge in [-0.1, -0.05) is 6.92 Å². The van der Waals surface area contributed by atoms with Crippen molar-refractivity contribution in [1.29, 1.82) is 0 Å². The second-order valence-electron chi connectivity index (χ2n) is 4.99. The summed E-state index contributed by atoms with van der Waals surface area (Å²) in [4.78, 5) is 25.3. The summed E-state index contributed by atoms with van der Waals surface area (Å²) >= 11 is 0. The van der Waals surface area contributed by atoms with E-state index in [1.165, 1.54) is 10.8 Å². The summed E-state index contributed by atoms with van der Waals surface area (Å²) in [6, 6.07) is 0. The summed E-state index contributed by atoms with van der Waals surface area (Å²) in [5, 5.41) is 9.59. The number of ether oxygens (including phenoxy) is 1. The Hall–Kier alpha value is -1.40. The molecule has 6 nitrogen and oxygen atoms in total. The molecule has 0 aromatic carbocycles. The fourth-order valence-electron chi connectivity index (χ4n) is 2.39. The molecule has 0 bridgehead atoms. The van der Waals surface area contributed by atoms with Crippen molar-refractivity contribution in [2.75, 3.05) is 0 Å². The first-order chi connectivity index (χ1) is 8.40. The Balaban J connectivity index is 2.32. The van der Waals surface area contributed by atoms with Crippen LogP contribution in [0.25, 0.3) is 0 Å². The Morgan fingerprint density at radius 2 is 2.22 bits per heavy atom. The van der Waals surface area contributed by atoms with Gasteiger partial charge in [0.25, 0.3) is 5.56 Å². The van der Waals surface area contributed by atoms with E-state index in [-0.39, 0.29) is 17.6 Å². The van der Waals surface area contributed by atoms with Crippen molar-refractivity contribution in [1.82, 2.24) is 9.55 Å². The highest BCUT2D eigenvalue weighted by atomic mass is 16.5. The maximum absolute atomic E-state index is 11.7. The predicted molar refractivity (Wildman–Crippen MR) is 65.4 cm³/mol. The second-order valence-corrected chi connectivity index (χ2v) is 4.99. The Morgan fingerprint density at radius 1 is 1.56 bits per heavy atom. The van der Waals surface area contributed by atoms with Gasteiger partial charge < -0.3 is 9.84 Å². The van der Waals surface area contributed by atoms with Gasteiger partial charge in [0.1, 0.15) is 6.23 Å². The highest BCUT2D eigenvalue weighted by Crippen LogP contribution is 2.33. The van der Waals surface area contributed by atoms with Gasteiger partial charge in [0.05, 0.1) is 12.2 Å². The van der Waals surface area contributed by atoms with E-state index < -0.39 is 18.0 Å². The SMILES string of the molecule is Cc1cn([C@H]2C[C@H](C)[C@@H](C(C)O)O2)c(=O)[nH]c1=O. The van der Waals surface area contributed by atoms with Crippen molar-refractivity contribution in [2.45, 2.75) is 45.6 Å². The lowest BCUT2D eigenvalue weighted by atomic mass is 10.00. The monoisotopic (exact) mass is 254 g/mol. The van der Waals surface area contributed by atoms with Crippen molar-refractivity contribution < 1.29 is 9.84 Å². The first-order valence-corrected chi connectivity index (χ1v) is 6.05. The fraction of sp³-hybridized carbons (Fsp3) is 0.667. The third-order valence-electron chi connectivity index (χ3n) is 3.38. The van der Waals surface area contributed by atoms with Crippen LogP contribution >= 0.6 is 0 Å². The first kappa shape index (κ1) is 13.0. The second kappa shape index (κ2) is 4.70. The Labute approximate surface area is 104 Å². The quantitative estimate of drug-likeness (QED) is 0.786. The minimum absolute atomic E-state index is 0.161. The largest absolute Gasteiger partial charge is 0.391 e. The molecule has 100 valence electrons. The van der Waals surface area contributed by atoms with Crippen LogP contribution in [-0.4, -0.2) is 26.9 Å². The molecule has 2 rings (SSSR count). The molecule has 0 radical (unpaired) electrons. The van der Waals surface area contributed by atoms with Crippen molar-refractivity contribution in [2.24, 2.45) is 5.92 Å². The maximum atomic E-state index is 11.7. The number of aryl methyl sites for hydroxylation is 1. The van der Waals surface area contributed by atoms with E-state index in [2.05, 4.69) is 4.98 Å². The van der Waals surface area contributed by atoms with Crippen LogP contribution in [0.2, 0.25) is 0 Å². The third kappa shape index (κ3) is 2.26. The fourth-order valence-corrected chi connectivity index (χ4v) is 2.39. The lowest BCUT2D eigenvalue weighted by Gasteiger charge is -2.18. The number of aliphatic hydroxyl groups excluding tert-OH is 1. The number of hydrogen-bond donors (Lipinski definition) is 2. The maximum Gasteiger partial charge on any atom is 0.330 e. The van der Waals surface area contributed by atoms with Crippen molar-refractivity contribution >= 4 is 0 Å². The number of nitrogens with zero attached hydrogens (tertiary/aromatic N) is 1. The summed E-state index contributed by atoms with van der Waals surface area (Å²) in [5.41, 5.74) is -0.394. The van der Waals surface area contributed by atoms with E-state index in [1.807, 2.05) is 6.92 Å². The van der Waals surface area contributed by atoms with Crippen LogP contribution in [0.3, 0.4) is 0 Å².